The first-order valence-corrected chi connectivity index (χ1v) is 5.52. The summed E-state index contributed by atoms with van der Waals surface area (Å²) in [6, 6.07) is 2.82. The number of benzene rings is 1. The second-order valence-corrected chi connectivity index (χ2v) is 4.10. The van der Waals surface area contributed by atoms with Crippen molar-refractivity contribution < 1.29 is 14.3 Å². The van der Waals surface area contributed by atoms with Crippen molar-refractivity contribution in [1.29, 1.82) is 0 Å². The molecule has 1 rings (SSSR count). The van der Waals surface area contributed by atoms with Crippen LogP contribution in [0.5, 0.6) is 11.5 Å². The van der Waals surface area contributed by atoms with Crippen LogP contribution in [-0.4, -0.2) is 26.0 Å². The lowest BCUT2D eigenvalue weighted by Crippen LogP contribution is -2.27. The Morgan fingerprint density at radius 2 is 1.81 bits per heavy atom. The summed E-state index contributed by atoms with van der Waals surface area (Å²) in [6.45, 7) is 1.63. The van der Waals surface area contributed by atoms with Crippen LogP contribution in [0, 0.1) is 0 Å². The Labute approximate surface area is 103 Å². The Kier molecular flexibility index (Phi) is 4.32. The number of nitrogens with two attached hydrogens (primary N) is 1. The van der Waals surface area contributed by atoms with Gasteiger partial charge < -0.3 is 15.2 Å². The summed E-state index contributed by atoms with van der Waals surface area (Å²) in [5, 5.41) is 0. The van der Waals surface area contributed by atoms with E-state index in [4.69, 9.17) is 15.2 Å². The van der Waals surface area contributed by atoms with Gasteiger partial charge in [-0.3, -0.25) is 4.79 Å². The third kappa shape index (κ3) is 2.36. The lowest BCUT2D eigenvalue weighted by molar-refractivity contribution is 0.0963. The number of rotatable bonds is 4. The Bertz CT molecular complexity index is 404. The van der Waals surface area contributed by atoms with Crippen LogP contribution in [-0.2, 0) is 0 Å². The number of carbonyl (C=O) groups is 1. The number of hydrogen-bond donors (Lipinski definition) is 1. The SMILES string of the molecule is COc1ccc(OC)c(C(=O)C(C)N)c1Br. The number of ether oxygens (including phenoxy) is 2. The van der Waals surface area contributed by atoms with E-state index in [1.54, 1.807) is 19.1 Å². The van der Waals surface area contributed by atoms with E-state index in [-0.39, 0.29) is 5.78 Å². The van der Waals surface area contributed by atoms with Gasteiger partial charge in [0.15, 0.2) is 5.78 Å². The maximum Gasteiger partial charge on any atom is 0.184 e. The van der Waals surface area contributed by atoms with Gasteiger partial charge in [0, 0.05) is 0 Å². The molecule has 0 aliphatic heterocycles. The number of hydrogen-bond acceptors (Lipinski definition) is 4. The molecule has 0 aliphatic carbocycles. The molecule has 0 bridgehead atoms. The molecule has 0 spiro atoms. The number of ketones is 1. The van der Waals surface area contributed by atoms with Gasteiger partial charge in [-0.1, -0.05) is 0 Å². The fraction of sp³-hybridized carbons (Fsp3) is 0.364. The van der Waals surface area contributed by atoms with Gasteiger partial charge in [0.1, 0.15) is 11.5 Å². The zero-order valence-corrected chi connectivity index (χ0v) is 11.0. The van der Waals surface area contributed by atoms with Crippen molar-refractivity contribution in [1.82, 2.24) is 0 Å². The number of Topliss-reactive ketones (excluding diaryl/α,β-unsaturated/α-hetero) is 1. The molecule has 16 heavy (non-hydrogen) atoms. The largest absolute Gasteiger partial charge is 0.496 e. The van der Waals surface area contributed by atoms with E-state index in [0.717, 1.165) is 0 Å². The van der Waals surface area contributed by atoms with Crippen molar-refractivity contribution in [3.8, 4) is 11.5 Å². The Morgan fingerprint density at radius 3 is 2.25 bits per heavy atom. The van der Waals surface area contributed by atoms with Crippen molar-refractivity contribution in [2.45, 2.75) is 13.0 Å². The number of halogens is 1. The number of methoxy groups -OCH3 is 2. The normalized spacial score (nSPS) is 12.1. The highest BCUT2D eigenvalue weighted by Gasteiger charge is 2.21. The molecule has 0 saturated heterocycles. The summed E-state index contributed by atoms with van der Waals surface area (Å²) in [5.41, 5.74) is 6.00. The van der Waals surface area contributed by atoms with Gasteiger partial charge in [-0.05, 0) is 35.0 Å². The van der Waals surface area contributed by atoms with E-state index in [1.165, 1.54) is 14.2 Å². The van der Waals surface area contributed by atoms with E-state index in [2.05, 4.69) is 15.9 Å². The summed E-state index contributed by atoms with van der Waals surface area (Å²) in [4.78, 5) is 11.9. The minimum Gasteiger partial charge on any atom is -0.496 e. The highest BCUT2D eigenvalue weighted by Crippen LogP contribution is 2.35. The molecule has 0 heterocycles. The predicted molar refractivity (Wildman–Crippen MR) is 65.2 cm³/mol. The minimum absolute atomic E-state index is 0.192. The molecule has 0 aliphatic rings. The molecule has 0 fully saturated rings. The standard InChI is InChI=1S/C11H14BrNO3/c1-6(13)11(14)9-7(15-2)4-5-8(16-3)10(9)12/h4-6H,13H2,1-3H3. The van der Waals surface area contributed by atoms with Crippen LogP contribution in [0.4, 0.5) is 0 Å². The van der Waals surface area contributed by atoms with Gasteiger partial charge in [-0.15, -0.1) is 0 Å². The van der Waals surface area contributed by atoms with Crippen LogP contribution in [0.3, 0.4) is 0 Å². The van der Waals surface area contributed by atoms with Gasteiger partial charge in [0.05, 0.1) is 30.3 Å². The average Bonchev–Trinajstić information content (AvgIpc) is 2.27. The molecule has 0 aromatic heterocycles. The average molecular weight is 288 g/mol. The van der Waals surface area contributed by atoms with Gasteiger partial charge in [-0.25, -0.2) is 0 Å². The van der Waals surface area contributed by atoms with Crippen molar-refractivity contribution in [2.75, 3.05) is 14.2 Å². The van der Waals surface area contributed by atoms with Gasteiger partial charge >= 0.3 is 0 Å². The maximum atomic E-state index is 11.9. The van der Waals surface area contributed by atoms with E-state index in [0.29, 0.717) is 21.5 Å². The molecule has 88 valence electrons. The molecular formula is C11H14BrNO3. The zero-order chi connectivity index (χ0) is 12.3. The Balaban J connectivity index is 3.37. The van der Waals surface area contributed by atoms with Crippen LogP contribution in [0.2, 0.25) is 0 Å². The Morgan fingerprint density at radius 1 is 1.31 bits per heavy atom. The summed E-state index contributed by atoms with van der Waals surface area (Å²) >= 11 is 3.32. The smallest absolute Gasteiger partial charge is 0.184 e. The fourth-order valence-corrected chi connectivity index (χ4v) is 2.01. The highest BCUT2D eigenvalue weighted by molar-refractivity contribution is 9.10. The molecule has 1 aromatic carbocycles. The van der Waals surface area contributed by atoms with Gasteiger partial charge in [-0.2, -0.15) is 0 Å². The second-order valence-electron chi connectivity index (χ2n) is 3.31. The van der Waals surface area contributed by atoms with Crippen molar-refractivity contribution in [2.24, 2.45) is 5.73 Å². The van der Waals surface area contributed by atoms with Crippen molar-refractivity contribution in [3.63, 3.8) is 0 Å². The first-order chi connectivity index (χ1) is 7.52. The monoisotopic (exact) mass is 287 g/mol. The molecule has 1 unspecified atom stereocenters. The second kappa shape index (κ2) is 5.32. The highest BCUT2D eigenvalue weighted by atomic mass is 79.9. The molecule has 4 nitrogen and oxygen atoms in total. The molecule has 0 radical (unpaired) electrons. The molecule has 1 atom stereocenters. The third-order valence-electron chi connectivity index (χ3n) is 2.17. The van der Waals surface area contributed by atoms with Crippen LogP contribution in [0.1, 0.15) is 17.3 Å². The zero-order valence-electron chi connectivity index (χ0n) is 9.41. The van der Waals surface area contributed by atoms with Crippen LogP contribution < -0.4 is 15.2 Å². The summed E-state index contributed by atoms with van der Waals surface area (Å²) in [6.07, 6.45) is 0. The predicted octanol–water partition coefficient (Wildman–Crippen LogP) is 2.00. The molecule has 2 N–H and O–H groups in total. The van der Waals surface area contributed by atoms with E-state index >= 15 is 0 Å². The number of carbonyl (C=O) groups excluding carboxylic acids is 1. The molecule has 1 aromatic rings. The molecule has 0 amide bonds. The third-order valence-corrected chi connectivity index (χ3v) is 2.96. The summed E-state index contributed by atoms with van der Waals surface area (Å²) in [7, 11) is 3.04. The molecule has 5 heteroatoms. The van der Waals surface area contributed by atoms with Crippen molar-refractivity contribution in [3.05, 3.63) is 22.2 Å². The summed E-state index contributed by atoms with van der Waals surface area (Å²) < 4.78 is 10.8. The molecular weight excluding hydrogens is 274 g/mol. The fourth-order valence-electron chi connectivity index (χ4n) is 1.32. The van der Waals surface area contributed by atoms with E-state index in [1.807, 2.05) is 0 Å². The van der Waals surface area contributed by atoms with Crippen molar-refractivity contribution >= 4 is 21.7 Å². The van der Waals surface area contributed by atoms with Gasteiger partial charge in [0.25, 0.3) is 0 Å². The lowest BCUT2D eigenvalue weighted by Gasteiger charge is -2.14. The van der Waals surface area contributed by atoms with Gasteiger partial charge in [0.2, 0.25) is 0 Å². The summed E-state index contributed by atoms with van der Waals surface area (Å²) in [5.74, 6) is 0.863. The lowest BCUT2D eigenvalue weighted by atomic mass is 10.0. The van der Waals surface area contributed by atoms with Crippen LogP contribution in [0.15, 0.2) is 16.6 Å². The first-order valence-electron chi connectivity index (χ1n) is 4.73. The molecule has 0 saturated carbocycles. The first kappa shape index (κ1) is 13.0. The topological polar surface area (TPSA) is 61.5 Å². The van der Waals surface area contributed by atoms with Crippen LogP contribution >= 0.6 is 15.9 Å². The minimum atomic E-state index is -0.586. The van der Waals surface area contributed by atoms with Crippen LogP contribution in [0.25, 0.3) is 0 Å². The Hall–Kier alpha value is -1.07. The van der Waals surface area contributed by atoms with E-state index < -0.39 is 6.04 Å². The quantitative estimate of drug-likeness (QED) is 0.861. The van der Waals surface area contributed by atoms with E-state index in [9.17, 15) is 4.79 Å². The maximum absolute atomic E-state index is 11.9.